The van der Waals surface area contributed by atoms with Crippen LogP contribution in [0.2, 0.25) is 0 Å². The van der Waals surface area contributed by atoms with Crippen LogP contribution in [0.15, 0.2) is 54.9 Å². The number of nitrogens with zero attached hydrogens (tertiary/aromatic N) is 1. The Bertz CT molecular complexity index is 752. The summed E-state index contributed by atoms with van der Waals surface area (Å²) in [6.45, 7) is 4.35. The van der Waals surface area contributed by atoms with Gasteiger partial charge in [-0.3, -0.25) is 4.98 Å². The van der Waals surface area contributed by atoms with Crippen molar-refractivity contribution in [3.8, 4) is 0 Å². The molecule has 21 heavy (non-hydrogen) atoms. The molecule has 2 aromatic carbocycles. The highest BCUT2D eigenvalue weighted by Gasteiger charge is 2.18. The summed E-state index contributed by atoms with van der Waals surface area (Å²) in [5.41, 5.74) is 5.27. The Kier molecular flexibility index (Phi) is 3.72. The molecule has 1 heterocycles. The number of rotatable bonds is 3. The van der Waals surface area contributed by atoms with Crippen molar-refractivity contribution in [2.75, 3.05) is 7.05 Å². The molecule has 2 nitrogen and oxygen atoms in total. The topological polar surface area (TPSA) is 24.9 Å². The van der Waals surface area contributed by atoms with Gasteiger partial charge in [0.05, 0.1) is 6.04 Å². The zero-order valence-corrected chi connectivity index (χ0v) is 12.7. The second-order valence-corrected chi connectivity index (χ2v) is 5.47. The number of fused-ring (bicyclic) bond motifs is 1. The monoisotopic (exact) mass is 276 g/mol. The second-order valence-electron chi connectivity index (χ2n) is 5.47. The molecular formula is C19H20N2. The fraction of sp³-hybridized carbons (Fsp3) is 0.211. The number of aryl methyl sites for hydroxylation is 2. The molecule has 0 radical (unpaired) electrons. The maximum absolute atomic E-state index is 4.30. The highest BCUT2D eigenvalue weighted by atomic mass is 14.9. The molecule has 0 aliphatic carbocycles. The first-order chi connectivity index (χ1) is 10.2. The molecule has 1 aromatic heterocycles. The average Bonchev–Trinajstić information content (AvgIpc) is 2.51. The van der Waals surface area contributed by atoms with E-state index in [-0.39, 0.29) is 6.04 Å². The molecule has 0 saturated heterocycles. The smallest absolute Gasteiger partial charge is 0.0586 e. The maximum Gasteiger partial charge on any atom is 0.0586 e. The van der Waals surface area contributed by atoms with Crippen LogP contribution < -0.4 is 5.32 Å². The van der Waals surface area contributed by atoms with Crippen LogP contribution in [0.1, 0.15) is 28.3 Å². The van der Waals surface area contributed by atoms with E-state index in [1.165, 1.54) is 33.0 Å². The van der Waals surface area contributed by atoms with E-state index in [0.717, 1.165) is 0 Å². The molecular weight excluding hydrogens is 256 g/mol. The van der Waals surface area contributed by atoms with Crippen molar-refractivity contribution in [2.24, 2.45) is 0 Å². The molecule has 1 unspecified atom stereocenters. The zero-order chi connectivity index (χ0) is 14.8. The third kappa shape index (κ3) is 2.43. The SMILES string of the molecule is CNC(c1c(C)cccc1C)c1cccc2ccncc12. The van der Waals surface area contributed by atoms with E-state index < -0.39 is 0 Å². The summed E-state index contributed by atoms with van der Waals surface area (Å²) >= 11 is 0. The van der Waals surface area contributed by atoms with E-state index >= 15 is 0 Å². The fourth-order valence-corrected chi connectivity index (χ4v) is 3.13. The lowest BCUT2D eigenvalue weighted by Crippen LogP contribution is -2.20. The molecule has 0 aliphatic rings. The standard InChI is InChI=1S/C19H20N2/c1-13-6-4-7-14(2)18(13)19(20-3)16-9-5-8-15-10-11-21-12-17(15)16/h4-12,19-20H,1-3H3. The van der Waals surface area contributed by atoms with Crippen molar-refractivity contribution < 1.29 is 0 Å². The highest BCUT2D eigenvalue weighted by Crippen LogP contribution is 2.31. The Hall–Kier alpha value is -2.19. The van der Waals surface area contributed by atoms with Crippen LogP contribution in [0.25, 0.3) is 10.8 Å². The van der Waals surface area contributed by atoms with E-state index in [2.05, 4.69) is 66.6 Å². The van der Waals surface area contributed by atoms with Gasteiger partial charge in [0.25, 0.3) is 0 Å². The number of benzene rings is 2. The minimum Gasteiger partial charge on any atom is -0.309 e. The van der Waals surface area contributed by atoms with E-state index in [4.69, 9.17) is 0 Å². The number of hydrogen-bond acceptors (Lipinski definition) is 2. The molecule has 106 valence electrons. The van der Waals surface area contributed by atoms with Gasteiger partial charge in [0.15, 0.2) is 0 Å². The van der Waals surface area contributed by atoms with Gasteiger partial charge in [0.1, 0.15) is 0 Å². The average molecular weight is 276 g/mol. The number of pyridine rings is 1. The summed E-state index contributed by atoms with van der Waals surface area (Å²) in [5.74, 6) is 0. The molecule has 0 saturated carbocycles. The Morgan fingerprint density at radius 3 is 2.38 bits per heavy atom. The molecule has 2 heteroatoms. The molecule has 0 fully saturated rings. The van der Waals surface area contributed by atoms with E-state index in [9.17, 15) is 0 Å². The van der Waals surface area contributed by atoms with Crippen molar-refractivity contribution in [1.29, 1.82) is 0 Å². The predicted octanol–water partition coefficient (Wildman–Crippen LogP) is 4.16. The third-order valence-electron chi connectivity index (χ3n) is 4.15. The van der Waals surface area contributed by atoms with Gasteiger partial charge < -0.3 is 5.32 Å². The highest BCUT2D eigenvalue weighted by molar-refractivity contribution is 5.85. The van der Waals surface area contributed by atoms with Crippen molar-refractivity contribution in [3.05, 3.63) is 77.1 Å². The first-order valence-corrected chi connectivity index (χ1v) is 7.28. The fourth-order valence-electron chi connectivity index (χ4n) is 3.13. The predicted molar refractivity (Wildman–Crippen MR) is 88.6 cm³/mol. The number of aromatic nitrogens is 1. The Balaban J connectivity index is 2.24. The van der Waals surface area contributed by atoms with Crippen molar-refractivity contribution in [2.45, 2.75) is 19.9 Å². The lowest BCUT2D eigenvalue weighted by atomic mass is 9.89. The minimum atomic E-state index is 0.180. The van der Waals surface area contributed by atoms with Gasteiger partial charge in [-0.2, -0.15) is 0 Å². The van der Waals surface area contributed by atoms with Crippen molar-refractivity contribution in [3.63, 3.8) is 0 Å². The molecule has 0 aliphatic heterocycles. The summed E-state index contributed by atoms with van der Waals surface area (Å²) in [4.78, 5) is 4.30. The zero-order valence-electron chi connectivity index (χ0n) is 12.7. The molecule has 1 N–H and O–H groups in total. The Labute approximate surface area is 125 Å². The largest absolute Gasteiger partial charge is 0.309 e. The van der Waals surface area contributed by atoms with Gasteiger partial charge in [0.2, 0.25) is 0 Å². The van der Waals surface area contributed by atoms with Gasteiger partial charge >= 0.3 is 0 Å². The second kappa shape index (κ2) is 5.66. The quantitative estimate of drug-likeness (QED) is 0.777. The van der Waals surface area contributed by atoms with Gasteiger partial charge in [0, 0.05) is 17.8 Å². The first-order valence-electron chi connectivity index (χ1n) is 7.28. The summed E-state index contributed by atoms with van der Waals surface area (Å²) in [7, 11) is 2.02. The van der Waals surface area contributed by atoms with Gasteiger partial charge in [-0.25, -0.2) is 0 Å². The molecule has 3 aromatic rings. The summed E-state index contributed by atoms with van der Waals surface area (Å²) in [6.07, 6.45) is 3.81. The molecule has 1 atom stereocenters. The molecule has 0 amide bonds. The van der Waals surface area contributed by atoms with E-state index in [0.29, 0.717) is 0 Å². The lowest BCUT2D eigenvalue weighted by Gasteiger charge is -2.23. The molecule has 0 spiro atoms. The van der Waals surface area contributed by atoms with Gasteiger partial charge in [-0.1, -0.05) is 36.4 Å². The van der Waals surface area contributed by atoms with Crippen molar-refractivity contribution >= 4 is 10.8 Å². The third-order valence-corrected chi connectivity index (χ3v) is 4.15. The maximum atomic E-state index is 4.30. The van der Waals surface area contributed by atoms with Crippen LogP contribution in [-0.4, -0.2) is 12.0 Å². The van der Waals surface area contributed by atoms with Crippen LogP contribution in [-0.2, 0) is 0 Å². The molecule has 0 bridgehead atoms. The van der Waals surface area contributed by atoms with E-state index in [1.54, 1.807) is 0 Å². The van der Waals surface area contributed by atoms with Gasteiger partial charge in [-0.05, 0) is 54.6 Å². The lowest BCUT2D eigenvalue weighted by molar-refractivity contribution is 0.688. The summed E-state index contributed by atoms with van der Waals surface area (Å²) < 4.78 is 0. The number of nitrogens with one attached hydrogen (secondary N) is 1. The van der Waals surface area contributed by atoms with Crippen LogP contribution >= 0.6 is 0 Å². The van der Waals surface area contributed by atoms with E-state index in [1.807, 2.05) is 19.4 Å². The summed E-state index contributed by atoms with van der Waals surface area (Å²) in [5, 5.41) is 5.92. The van der Waals surface area contributed by atoms with Crippen LogP contribution in [0.5, 0.6) is 0 Å². The normalized spacial score (nSPS) is 12.5. The van der Waals surface area contributed by atoms with Gasteiger partial charge in [-0.15, -0.1) is 0 Å². The van der Waals surface area contributed by atoms with Crippen LogP contribution in [0, 0.1) is 13.8 Å². The number of hydrogen-bond donors (Lipinski definition) is 1. The molecule has 3 rings (SSSR count). The Morgan fingerprint density at radius 2 is 1.67 bits per heavy atom. The van der Waals surface area contributed by atoms with Crippen molar-refractivity contribution in [1.82, 2.24) is 10.3 Å². The summed E-state index contributed by atoms with van der Waals surface area (Å²) in [6, 6.07) is 15.2. The van der Waals surface area contributed by atoms with Crippen LogP contribution in [0.4, 0.5) is 0 Å². The first kappa shape index (κ1) is 13.8. The van der Waals surface area contributed by atoms with Crippen LogP contribution in [0.3, 0.4) is 0 Å². The minimum absolute atomic E-state index is 0.180. The Morgan fingerprint density at radius 1 is 0.952 bits per heavy atom.